The van der Waals surface area contributed by atoms with Crippen molar-refractivity contribution in [3.8, 4) is 0 Å². The van der Waals surface area contributed by atoms with Gasteiger partial charge >= 0.3 is 0 Å². The van der Waals surface area contributed by atoms with E-state index < -0.39 is 0 Å². The second-order valence-electron chi connectivity index (χ2n) is 3.96. The molecule has 88 valence electrons. The Balaban J connectivity index is 2.11. The summed E-state index contributed by atoms with van der Waals surface area (Å²) in [5.41, 5.74) is 8.67. The minimum atomic E-state index is 0.685. The highest BCUT2D eigenvalue weighted by atomic mass is 79.9. The number of anilines is 2. The fraction of sp³-hybridized carbons (Fsp3) is 0.154. The summed E-state index contributed by atoms with van der Waals surface area (Å²) in [6.07, 6.45) is 3.46. The highest BCUT2D eigenvalue weighted by molar-refractivity contribution is 9.10. The fourth-order valence-electron chi connectivity index (χ4n) is 1.61. The van der Waals surface area contributed by atoms with Crippen molar-refractivity contribution in [3.05, 3.63) is 52.8 Å². The second kappa shape index (κ2) is 5.19. The quantitative estimate of drug-likeness (QED) is 0.945. The van der Waals surface area contributed by atoms with Gasteiger partial charge in [0.15, 0.2) is 0 Å². The van der Waals surface area contributed by atoms with E-state index in [-0.39, 0.29) is 0 Å². The summed E-state index contributed by atoms with van der Waals surface area (Å²) in [6.45, 7) is 0.832. The summed E-state index contributed by atoms with van der Waals surface area (Å²) in [5, 5.41) is 0. The van der Waals surface area contributed by atoms with Crippen molar-refractivity contribution in [2.45, 2.75) is 6.54 Å². The van der Waals surface area contributed by atoms with Crippen molar-refractivity contribution < 1.29 is 0 Å². The molecular weight excluding hydrogens is 278 g/mol. The number of hydrogen-bond donors (Lipinski definition) is 1. The van der Waals surface area contributed by atoms with Crippen molar-refractivity contribution in [1.82, 2.24) is 4.98 Å². The molecule has 1 aromatic carbocycles. The van der Waals surface area contributed by atoms with Gasteiger partial charge in [-0.3, -0.25) is 4.98 Å². The van der Waals surface area contributed by atoms with E-state index in [9.17, 15) is 0 Å². The first-order chi connectivity index (χ1) is 8.15. The van der Waals surface area contributed by atoms with Gasteiger partial charge in [0.05, 0.1) is 17.6 Å². The van der Waals surface area contributed by atoms with Crippen molar-refractivity contribution in [1.29, 1.82) is 0 Å². The molecule has 4 heteroatoms. The van der Waals surface area contributed by atoms with E-state index >= 15 is 0 Å². The monoisotopic (exact) mass is 291 g/mol. The lowest BCUT2D eigenvalue weighted by Crippen LogP contribution is -2.16. The molecule has 0 amide bonds. The summed E-state index contributed by atoms with van der Waals surface area (Å²) < 4.78 is 1.09. The fourth-order valence-corrected chi connectivity index (χ4v) is 1.87. The molecule has 2 aromatic rings. The Morgan fingerprint density at radius 1 is 1.24 bits per heavy atom. The average molecular weight is 292 g/mol. The molecule has 1 aromatic heterocycles. The summed E-state index contributed by atoms with van der Waals surface area (Å²) >= 11 is 3.43. The number of nitrogen functional groups attached to an aromatic ring is 1. The molecular formula is C13H14BrN3. The number of aromatic nitrogens is 1. The van der Waals surface area contributed by atoms with Gasteiger partial charge in [0, 0.05) is 24.3 Å². The molecule has 0 bridgehead atoms. The maximum absolute atomic E-state index is 5.71. The van der Waals surface area contributed by atoms with Crippen molar-refractivity contribution in [2.75, 3.05) is 17.7 Å². The van der Waals surface area contributed by atoms with Crippen LogP contribution in [-0.4, -0.2) is 12.0 Å². The Labute approximate surface area is 109 Å². The molecule has 17 heavy (non-hydrogen) atoms. The first-order valence-corrected chi connectivity index (χ1v) is 6.10. The Bertz CT molecular complexity index is 496. The highest BCUT2D eigenvalue weighted by Gasteiger charge is 2.02. The van der Waals surface area contributed by atoms with E-state index in [0.717, 1.165) is 16.7 Å². The SMILES string of the molecule is CN(Cc1ccc(Br)cc1)c1cncc(N)c1. The molecule has 2 N–H and O–H groups in total. The third-order valence-corrected chi connectivity index (χ3v) is 3.05. The number of nitrogens with two attached hydrogens (primary N) is 1. The van der Waals surface area contributed by atoms with E-state index in [1.807, 2.05) is 31.4 Å². The lowest BCUT2D eigenvalue weighted by molar-refractivity contribution is 0.918. The zero-order chi connectivity index (χ0) is 12.3. The molecule has 0 fully saturated rings. The van der Waals surface area contributed by atoms with Crippen LogP contribution in [0.25, 0.3) is 0 Å². The zero-order valence-corrected chi connectivity index (χ0v) is 11.2. The van der Waals surface area contributed by atoms with Crippen LogP contribution in [0.2, 0.25) is 0 Å². The molecule has 0 radical (unpaired) electrons. The zero-order valence-electron chi connectivity index (χ0n) is 9.60. The van der Waals surface area contributed by atoms with Crippen LogP contribution >= 0.6 is 15.9 Å². The van der Waals surface area contributed by atoms with E-state index in [1.165, 1.54) is 5.56 Å². The topological polar surface area (TPSA) is 42.2 Å². The van der Waals surface area contributed by atoms with Crippen LogP contribution in [0.15, 0.2) is 47.2 Å². The normalized spacial score (nSPS) is 10.2. The van der Waals surface area contributed by atoms with Gasteiger partial charge in [-0.2, -0.15) is 0 Å². The van der Waals surface area contributed by atoms with Crippen LogP contribution in [0.4, 0.5) is 11.4 Å². The summed E-state index contributed by atoms with van der Waals surface area (Å²) in [6, 6.07) is 10.2. The van der Waals surface area contributed by atoms with E-state index in [2.05, 4.69) is 37.9 Å². The van der Waals surface area contributed by atoms with Crippen molar-refractivity contribution in [3.63, 3.8) is 0 Å². The lowest BCUT2D eigenvalue weighted by atomic mass is 10.2. The molecule has 0 spiro atoms. The molecule has 0 saturated heterocycles. The number of pyridine rings is 1. The van der Waals surface area contributed by atoms with Gasteiger partial charge in [0.1, 0.15) is 0 Å². The van der Waals surface area contributed by atoms with Gasteiger partial charge in [-0.15, -0.1) is 0 Å². The maximum Gasteiger partial charge on any atom is 0.0573 e. The molecule has 0 saturated carbocycles. The summed E-state index contributed by atoms with van der Waals surface area (Å²) in [7, 11) is 2.03. The van der Waals surface area contributed by atoms with E-state index in [1.54, 1.807) is 6.20 Å². The smallest absolute Gasteiger partial charge is 0.0573 e. The standard InChI is InChI=1S/C13H14BrN3/c1-17(13-6-12(15)7-16-8-13)9-10-2-4-11(14)5-3-10/h2-8H,9,15H2,1H3. The van der Waals surface area contributed by atoms with E-state index in [4.69, 9.17) is 5.73 Å². The van der Waals surface area contributed by atoms with Crippen LogP contribution < -0.4 is 10.6 Å². The summed E-state index contributed by atoms with van der Waals surface area (Å²) in [5.74, 6) is 0. The predicted molar refractivity (Wildman–Crippen MR) is 74.9 cm³/mol. The third-order valence-electron chi connectivity index (χ3n) is 2.52. The molecule has 0 aliphatic heterocycles. The van der Waals surface area contributed by atoms with Crippen LogP contribution in [0.3, 0.4) is 0 Å². The highest BCUT2D eigenvalue weighted by Crippen LogP contribution is 2.18. The average Bonchev–Trinajstić information content (AvgIpc) is 2.32. The van der Waals surface area contributed by atoms with Gasteiger partial charge in [0.2, 0.25) is 0 Å². The second-order valence-corrected chi connectivity index (χ2v) is 4.87. The van der Waals surface area contributed by atoms with Crippen molar-refractivity contribution in [2.24, 2.45) is 0 Å². The third kappa shape index (κ3) is 3.20. The molecule has 3 nitrogen and oxygen atoms in total. The van der Waals surface area contributed by atoms with Crippen LogP contribution in [0, 0.1) is 0 Å². The number of nitrogens with zero attached hydrogens (tertiary/aromatic N) is 2. The summed E-state index contributed by atoms with van der Waals surface area (Å²) in [4.78, 5) is 6.20. The molecule has 0 aliphatic carbocycles. The van der Waals surface area contributed by atoms with E-state index in [0.29, 0.717) is 5.69 Å². The van der Waals surface area contributed by atoms with Gasteiger partial charge in [-0.25, -0.2) is 0 Å². The molecule has 2 rings (SSSR count). The Morgan fingerprint density at radius 2 is 1.94 bits per heavy atom. The largest absolute Gasteiger partial charge is 0.397 e. The molecule has 0 atom stereocenters. The maximum atomic E-state index is 5.71. The minimum Gasteiger partial charge on any atom is -0.397 e. The van der Waals surface area contributed by atoms with Gasteiger partial charge in [-0.1, -0.05) is 28.1 Å². The number of benzene rings is 1. The molecule has 0 aliphatic rings. The van der Waals surface area contributed by atoms with Gasteiger partial charge in [0.25, 0.3) is 0 Å². The van der Waals surface area contributed by atoms with Crippen molar-refractivity contribution >= 4 is 27.3 Å². The number of rotatable bonds is 3. The molecule has 0 unspecified atom stereocenters. The van der Waals surface area contributed by atoms with Gasteiger partial charge in [-0.05, 0) is 23.8 Å². The van der Waals surface area contributed by atoms with Gasteiger partial charge < -0.3 is 10.6 Å². The van der Waals surface area contributed by atoms with Crippen LogP contribution in [0.1, 0.15) is 5.56 Å². The van der Waals surface area contributed by atoms with Crippen LogP contribution in [-0.2, 0) is 6.54 Å². The number of halogens is 1. The first-order valence-electron chi connectivity index (χ1n) is 5.31. The lowest BCUT2D eigenvalue weighted by Gasteiger charge is -2.19. The minimum absolute atomic E-state index is 0.685. The predicted octanol–water partition coefficient (Wildman–Crippen LogP) is 3.06. The Morgan fingerprint density at radius 3 is 2.59 bits per heavy atom. The Kier molecular flexibility index (Phi) is 3.64. The van der Waals surface area contributed by atoms with Crippen LogP contribution in [0.5, 0.6) is 0 Å². The molecule has 1 heterocycles. The first kappa shape index (κ1) is 11.9. The Hall–Kier alpha value is -1.55. The number of hydrogen-bond acceptors (Lipinski definition) is 3.